The molecule has 0 aliphatic heterocycles. The molecule has 0 N–H and O–H groups in total. The molecule has 2 aliphatic rings. The maximum Gasteiger partial charge on any atom is 0.196 e. The molecule has 1 aromatic carbocycles. The Kier molecular flexibility index (Phi) is 6.80. The standard InChI is InChI=1S/C22H27F2NO/c23-20-9-7-19(8-10-20)18-5-1-17(2-6-18)15-26-22-11-3-16(4-12-22)13-21(24)14-25/h7-10,13,16-18,22H,1-6,11-12,15H2/b21-13-. The lowest BCUT2D eigenvalue weighted by atomic mass is 9.79. The van der Waals surface area contributed by atoms with Gasteiger partial charge in [0.15, 0.2) is 5.83 Å². The van der Waals surface area contributed by atoms with E-state index in [-0.39, 0.29) is 17.8 Å². The lowest BCUT2D eigenvalue weighted by molar-refractivity contribution is -0.00465. The lowest BCUT2D eigenvalue weighted by Crippen LogP contribution is -2.25. The van der Waals surface area contributed by atoms with Crippen LogP contribution in [0.1, 0.15) is 62.8 Å². The Hall–Kier alpha value is -1.73. The lowest BCUT2D eigenvalue weighted by Gasteiger charge is -2.32. The zero-order valence-electron chi connectivity index (χ0n) is 15.2. The summed E-state index contributed by atoms with van der Waals surface area (Å²) in [6, 6.07) is 8.49. The first-order valence-electron chi connectivity index (χ1n) is 9.78. The maximum absolute atomic E-state index is 13.0. The minimum absolute atomic E-state index is 0.170. The van der Waals surface area contributed by atoms with Gasteiger partial charge in [-0.15, -0.1) is 0 Å². The molecule has 2 saturated carbocycles. The summed E-state index contributed by atoms with van der Waals surface area (Å²) in [7, 11) is 0. The zero-order chi connectivity index (χ0) is 18.4. The first-order valence-corrected chi connectivity index (χ1v) is 9.78. The summed E-state index contributed by atoms with van der Waals surface area (Å²) in [6.45, 7) is 0.813. The van der Waals surface area contributed by atoms with Crippen LogP contribution < -0.4 is 0 Å². The van der Waals surface area contributed by atoms with E-state index in [1.807, 2.05) is 12.1 Å². The second kappa shape index (κ2) is 9.28. The fourth-order valence-electron chi connectivity index (χ4n) is 4.34. The summed E-state index contributed by atoms with van der Waals surface area (Å²) in [5, 5.41) is 8.51. The highest BCUT2D eigenvalue weighted by Crippen LogP contribution is 2.36. The summed E-state index contributed by atoms with van der Waals surface area (Å²) in [5.41, 5.74) is 1.25. The van der Waals surface area contributed by atoms with Crippen molar-refractivity contribution in [3.05, 3.63) is 47.5 Å². The molecule has 1 aromatic rings. The summed E-state index contributed by atoms with van der Waals surface area (Å²) in [4.78, 5) is 0. The van der Waals surface area contributed by atoms with E-state index < -0.39 is 5.83 Å². The van der Waals surface area contributed by atoms with Gasteiger partial charge in [0, 0.05) is 6.61 Å². The summed E-state index contributed by atoms with van der Waals surface area (Å²) < 4.78 is 32.2. The van der Waals surface area contributed by atoms with Crippen molar-refractivity contribution in [2.24, 2.45) is 11.8 Å². The molecule has 0 spiro atoms. The molecule has 0 heterocycles. The normalized spacial score (nSPS) is 30.0. The van der Waals surface area contributed by atoms with E-state index in [1.54, 1.807) is 18.2 Å². The van der Waals surface area contributed by atoms with Crippen LogP contribution in [-0.2, 0) is 4.74 Å². The van der Waals surface area contributed by atoms with Crippen molar-refractivity contribution in [2.45, 2.75) is 63.4 Å². The van der Waals surface area contributed by atoms with Crippen molar-refractivity contribution >= 4 is 0 Å². The number of hydrogen-bond acceptors (Lipinski definition) is 2. The van der Waals surface area contributed by atoms with Gasteiger partial charge in [-0.2, -0.15) is 9.65 Å². The van der Waals surface area contributed by atoms with Crippen molar-refractivity contribution in [3.8, 4) is 6.07 Å². The molecule has 3 rings (SSSR count). The molecular formula is C22H27F2NO. The van der Waals surface area contributed by atoms with Crippen LogP contribution in [-0.4, -0.2) is 12.7 Å². The predicted octanol–water partition coefficient (Wildman–Crippen LogP) is 6.05. The topological polar surface area (TPSA) is 33.0 Å². The molecule has 4 heteroatoms. The van der Waals surface area contributed by atoms with Gasteiger partial charge in [-0.3, -0.25) is 0 Å². The van der Waals surface area contributed by atoms with E-state index in [0.29, 0.717) is 11.8 Å². The zero-order valence-corrected chi connectivity index (χ0v) is 15.2. The molecular weight excluding hydrogens is 332 g/mol. The van der Waals surface area contributed by atoms with Crippen LogP contribution in [0, 0.1) is 29.0 Å². The predicted molar refractivity (Wildman–Crippen MR) is 97.6 cm³/mol. The number of ether oxygens (including phenoxy) is 1. The van der Waals surface area contributed by atoms with Crippen LogP contribution in [0.3, 0.4) is 0 Å². The van der Waals surface area contributed by atoms with Crippen molar-refractivity contribution in [1.82, 2.24) is 0 Å². The summed E-state index contributed by atoms with van der Waals surface area (Å²) >= 11 is 0. The van der Waals surface area contributed by atoms with Gasteiger partial charge in [-0.25, -0.2) is 4.39 Å². The molecule has 26 heavy (non-hydrogen) atoms. The maximum atomic E-state index is 13.0. The van der Waals surface area contributed by atoms with Crippen LogP contribution >= 0.6 is 0 Å². The van der Waals surface area contributed by atoms with E-state index in [4.69, 9.17) is 10.00 Å². The number of halogens is 2. The fraction of sp³-hybridized carbons (Fsp3) is 0.591. The van der Waals surface area contributed by atoms with Crippen LogP contribution in [0.2, 0.25) is 0 Å². The van der Waals surface area contributed by atoms with Gasteiger partial charge < -0.3 is 4.74 Å². The quantitative estimate of drug-likeness (QED) is 0.599. The Morgan fingerprint density at radius 1 is 1.04 bits per heavy atom. The van der Waals surface area contributed by atoms with Crippen LogP contribution in [0.15, 0.2) is 36.2 Å². The van der Waals surface area contributed by atoms with Gasteiger partial charge in [0.25, 0.3) is 0 Å². The summed E-state index contributed by atoms with van der Waals surface area (Å²) in [6.07, 6.45) is 10.0. The van der Waals surface area contributed by atoms with Crippen LogP contribution in [0.25, 0.3) is 0 Å². The second-order valence-corrected chi connectivity index (χ2v) is 7.77. The van der Waals surface area contributed by atoms with Crippen LogP contribution in [0.4, 0.5) is 8.78 Å². The first-order chi connectivity index (χ1) is 12.6. The Labute approximate surface area is 154 Å². The highest BCUT2D eigenvalue weighted by Gasteiger charge is 2.25. The summed E-state index contributed by atoms with van der Waals surface area (Å²) in [5.74, 6) is 0.508. The van der Waals surface area contributed by atoms with E-state index in [1.165, 1.54) is 11.6 Å². The van der Waals surface area contributed by atoms with Gasteiger partial charge in [0.05, 0.1) is 6.10 Å². The van der Waals surface area contributed by atoms with Gasteiger partial charge in [-0.05, 0) is 92.9 Å². The van der Waals surface area contributed by atoms with Crippen molar-refractivity contribution in [3.63, 3.8) is 0 Å². The number of allylic oxidation sites excluding steroid dienone is 2. The second-order valence-electron chi connectivity index (χ2n) is 7.77. The van der Waals surface area contributed by atoms with E-state index in [2.05, 4.69) is 0 Å². The Balaban J connectivity index is 1.36. The Morgan fingerprint density at radius 3 is 2.31 bits per heavy atom. The largest absolute Gasteiger partial charge is 0.378 e. The molecule has 0 aromatic heterocycles. The Morgan fingerprint density at radius 2 is 1.69 bits per heavy atom. The van der Waals surface area contributed by atoms with Crippen LogP contribution in [0.5, 0.6) is 0 Å². The molecule has 0 unspecified atom stereocenters. The van der Waals surface area contributed by atoms with Gasteiger partial charge in [-0.1, -0.05) is 12.1 Å². The third-order valence-corrected chi connectivity index (χ3v) is 5.96. The molecule has 0 radical (unpaired) electrons. The van der Waals surface area contributed by atoms with E-state index in [9.17, 15) is 8.78 Å². The third-order valence-electron chi connectivity index (χ3n) is 5.96. The van der Waals surface area contributed by atoms with Gasteiger partial charge >= 0.3 is 0 Å². The highest BCUT2D eigenvalue weighted by molar-refractivity contribution is 5.20. The number of nitrogens with zero attached hydrogens (tertiary/aromatic N) is 1. The first kappa shape index (κ1) is 19.0. The number of nitriles is 1. The smallest absolute Gasteiger partial charge is 0.196 e. The molecule has 0 atom stereocenters. The molecule has 2 fully saturated rings. The molecule has 140 valence electrons. The van der Waals surface area contributed by atoms with Gasteiger partial charge in [0.1, 0.15) is 11.9 Å². The van der Waals surface area contributed by atoms with Crippen molar-refractivity contribution in [1.29, 1.82) is 5.26 Å². The minimum Gasteiger partial charge on any atom is -0.378 e. The molecule has 0 bridgehead atoms. The number of hydrogen-bond donors (Lipinski definition) is 0. The highest BCUT2D eigenvalue weighted by atomic mass is 19.1. The van der Waals surface area contributed by atoms with E-state index in [0.717, 1.165) is 58.0 Å². The SMILES string of the molecule is N#C/C(F)=C/C1CCC(OCC2CCC(c3ccc(F)cc3)CC2)CC1. The average molecular weight is 359 g/mol. The Bertz CT molecular complexity index is 633. The van der Waals surface area contributed by atoms with Gasteiger partial charge in [0.2, 0.25) is 0 Å². The fourth-order valence-corrected chi connectivity index (χ4v) is 4.34. The third kappa shape index (κ3) is 5.38. The molecule has 2 nitrogen and oxygen atoms in total. The van der Waals surface area contributed by atoms with E-state index >= 15 is 0 Å². The number of benzene rings is 1. The van der Waals surface area contributed by atoms with Crippen molar-refractivity contribution < 1.29 is 13.5 Å². The molecule has 0 saturated heterocycles. The van der Waals surface area contributed by atoms with Crippen molar-refractivity contribution in [2.75, 3.05) is 6.61 Å². The average Bonchev–Trinajstić information content (AvgIpc) is 2.68. The number of rotatable bonds is 5. The monoisotopic (exact) mass is 359 g/mol. The molecule has 2 aliphatic carbocycles. The molecule has 0 amide bonds. The minimum atomic E-state index is -0.660.